The number of nitrogens with zero attached hydrogens (tertiary/aromatic N) is 1. The van der Waals surface area contributed by atoms with E-state index in [-0.39, 0.29) is 11.7 Å². The monoisotopic (exact) mass is 195 g/mol. The van der Waals surface area contributed by atoms with Crippen molar-refractivity contribution in [3.63, 3.8) is 0 Å². The van der Waals surface area contributed by atoms with Gasteiger partial charge in [-0.3, -0.25) is 0 Å². The Labute approximate surface area is 71.4 Å². The minimum absolute atomic E-state index is 0.0218. The highest BCUT2D eigenvalue weighted by molar-refractivity contribution is 8.13. The van der Waals surface area contributed by atoms with E-state index in [1.54, 1.807) is 13.8 Å². The van der Waals surface area contributed by atoms with Crippen molar-refractivity contribution in [3.8, 4) is 6.07 Å². The first kappa shape index (κ1) is 10.7. The van der Waals surface area contributed by atoms with E-state index in [9.17, 15) is 8.42 Å². The Morgan fingerprint density at radius 2 is 2.00 bits per heavy atom. The minimum Gasteiger partial charge on any atom is -0.212 e. The van der Waals surface area contributed by atoms with Crippen molar-refractivity contribution in [1.82, 2.24) is 0 Å². The molecule has 0 bridgehead atoms. The van der Waals surface area contributed by atoms with Crippen molar-refractivity contribution >= 4 is 19.7 Å². The molecule has 0 amide bonds. The summed E-state index contributed by atoms with van der Waals surface area (Å²) in [5.74, 6) is -0.742. The van der Waals surface area contributed by atoms with Crippen LogP contribution in [0.4, 0.5) is 0 Å². The third-order valence-corrected chi connectivity index (χ3v) is 2.48. The molecule has 64 valence electrons. The topological polar surface area (TPSA) is 57.9 Å². The Bertz CT molecular complexity index is 252. The highest BCUT2D eigenvalue weighted by atomic mass is 35.7. The van der Waals surface area contributed by atoms with Gasteiger partial charge in [0.25, 0.3) is 0 Å². The zero-order valence-corrected chi connectivity index (χ0v) is 7.98. The Morgan fingerprint density at radius 1 is 1.55 bits per heavy atom. The number of halogens is 1. The Morgan fingerprint density at radius 3 is 2.09 bits per heavy atom. The summed E-state index contributed by atoms with van der Waals surface area (Å²) in [6.45, 7) is 3.58. The lowest BCUT2D eigenvalue weighted by molar-refractivity contribution is 0.507. The van der Waals surface area contributed by atoms with Crippen molar-refractivity contribution in [2.24, 2.45) is 11.8 Å². The summed E-state index contributed by atoms with van der Waals surface area (Å²) >= 11 is 0. The first-order valence-electron chi connectivity index (χ1n) is 3.18. The predicted molar refractivity (Wildman–Crippen MR) is 43.6 cm³/mol. The van der Waals surface area contributed by atoms with Crippen LogP contribution in [-0.4, -0.2) is 14.2 Å². The summed E-state index contributed by atoms with van der Waals surface area (Å²) in [6.07, 6.45) is 0. The van der Waals surface area contributed by atoms with Crippen LogP contribution in [0.3, 0.4) is 0 Å². The van der Waals surface area contributed by atoms with Gasteiger partial charge in [-0.05, 0) is 5.92 Å². The summed E-state index contributed by atoms with van der Waals surface area (Å²) in [5.41, 5.74) is 0. The average molecular weight is 196 g/mol. The van der Waals surface area contributed by atoms with Gasteiger partial charge >= 0.3 is 0 Å². The number of hydrogen-bond acceptors (Lipinski definition) is 3. The molecular weight excluding hydrogens is 186 g/mol. The van der Waals surface area contributed by atoms with Crippen LogP contribution >= 0.6 is 10.7 Å². The third kappa shape index (κ3) is 5.05. The largest absolute Gasteiger partial charge is 0.233 e. The number of rotatable bonds is 3. The van der Waals surface area contributed by atoms with Crippen LogP contribution in [-0.2, 0) is 9.05 Å². The lowest BCUT2D eigenvalue weighted by Crippen LogP contribution is -2.15. The second-order valence-corrected chi connectivity index (χ2v) is 5.51. The molecule has 0 saturated heterocycles. The zero-order valence-electron chi connectivity index (χ0n) is 6.41. The fourth-order valence-corrected chi connectivity index (χ4v) is 1.89. The molecule has 0 aliphatic heterocycles. The second-order valence-electron chi connectivity index (χ2n) is 2.69. The highest BCUT2D eigenvalue weighted by Gasteiger charge is 2.19. The molecule has 1 atom stereocenters. The Kier molecular flexibility index (Phi) is 3.84. The van der Waals surface area contributed by atoms with Crippen LogP contribution in [0.2, 0.25) is 0 Å². The molecule has 5 heteroatoms. The van der Waals surface area contributed by atoms with Crippen molar-refractivity contribution in [2.75, 3.05) is 5.75 Å². The first-order chi connectivity index (χ1) is 4.87. The molecule has 1 unspecified atom stereocenters. The van der Waals surface area contributed by atoms with E-state index in [0.29, 0.717) is 0 Å². The van der Waals surface area contributed by atoms with E-state index in [1.165, 1.54) is 0 Å². The minimum atomic E-state index is -3.53. The van der Waals surface area contributed by atoms with Crippen LogP contribution in [0.25, 0.3) is 0 Å². The summed E-state index contributed by atoms with van der Waals surface area (Å²) in [4.78, 5) is 0. The molecule has 0 heterocycles. The van der Waals surface area contributed by atoms with Crippen molar-refractivity contribution in [2.45, 2.75) is 13.8 Å². The van der Waals surface area contributed by atoms with Crippen LogP contribution in [0.5, 0.6) is 0 Å². The lowest BCUT2D eigenvalue weighted by Gasteiger charge is -2.09. The quantitative estimate of drug-likeness (QED) is 0.639. The van der Waals surface area contributed by atoms with Gasteiger partial charge in [-0.2, -0.15) is 5.26 Å². The summed E-state index contributed by atoms with van der Waals surface area (Å²) in [6, 6.07) is 1.89. The molecule has 0 aliphatic carbocycles. The van der Waals surface area contributed by atoms with Gasteiger partial charge in [-0.1, -0.05) is 13.8 Å². The molecule has 3 nitrogen and oxygen atoms in total. The van der Waals surface area contributed by atoms with Crippen LogP contribution < -0.4 is 0 Å². The normalized spacial score (nSPS) is 14.5. The van der Waals surface area contributed by atoms with Crippen molar-refractivity contribution in [3.05, 3.63) is 0 Å². The molecule has 0 rings (SSSR count). The van der Waals surface area contributed by atoms with Gasteiger partial charge in [0.05, 0.1) is 17.7 Å². The summed E-state index contributed by atoms with van der Waals surface area (Å²) in [7, 11) is 1.44. The van der Waals surface area contributed by atoms with Gasteiger partial charge in [-0.15, -0.1) is 0 Å². The predicted octanol–water partition coefficient (Wildman–Crippen LogP) is 1.35. The molecule has 0 radical (unpaired) electrons. The van der Waals surface area contributed by atoms with Crippen molar-refractivity contribution in [1.29, 1.82) is 5.26 Å². The molecule has 0 N–H and O–H groups in total. The van der Waals surface area contributed by atoms with Crippen molar-refractivity contribution < 1.29 is 8.42 Å². The van der Waals surface area contributed by atoms with Gasteiger partial charge in [0, 0.05) is 10.7 Å². The molecule has 11 heavy (non-hydrogen) atoms. The molecule has 0 aromatic rings. The maximum absolute atomic E-state index is 10.5. The fourth-order valence-electron chi connectivity index (χ4n) is 0.593. The second kappa shape index (κ2) is 3.93. The van der Waals surface area contributed by atoms with E-state index < -0.39 is 15.0 Å². The van der Waals surface area contributed by atoms with Gasteiger partial charge in [-0.25, -0.2) is 8.42 Å². The highest BCUT2D eigenvalue weighted by Crippen LogP contribution is 2.14. The standard InChI is InChI=1S/C6H10ClNO2S/c1-5(2)6(3-8)4-11(7,9)10/h5-6H,4H2,1-2H3. The summed E-state index contributed by atoms with van der Waals surface area (Å²) in [5, 5.41) is 8.49. The Balaban J connectivity index is 4.26. The van der Waals surface area contributed by atoms with E-state index in [1.807, 2.05) is 6.07 Å². The van der Waals surface area contributed by atoms with E-state index in [0.717, 1.165) is 0 Å². The van der Waals surface area contributed by atoms with E-state index in [2.05, 4.69) is 0 Å². The smallest absolute Gasteiger partial charge is 0.212 e. The molecule has 0 spiro atoms. The average Bonchev–Trinajstić information content (AvgIpc) is 1.80. The van der Waals surface area contributed by atoms with Crippen LogP contribution in [0, 0.1) is 23.2 Å². The van der Waals surface area contributed by atoms with E-state index in [4.69, 9.17) is 15.9 Å². The van der Waals surface area contributed by atoms with Gasteiger partial charge in [0.2, 0.25) is 9.05 Å². The van der Waals surface area contributed by atoms with Crippen LogP contribution in [0.15, 0.2) is 0 Å². The fraction of sp³-hybridized carbons (Fsp3) is 0.833. The third-order valence-electron chi connectivity index (χ3n) is 1.35. The van der Waals surface area contributed by atoms with E-state index >= 15 is 0 Å². The SMILES string of the molecule is CC(C)C(C#N)CS(=O)(=O)Cl. The lowest BCUT2D eigenvalue weighted by atomic mass is 10.0. The van der Waals surface area contributed by atoms with Gasteiger partial charge < -0.3 is 0 Å². The van der Waals surface area contributed by atoms with Crippen LogP contribution in [0.1, 0.15) is 13.8 Å². The van der Waals surface area contributed by atoms with Gasteiger partial charge in [0.1, 0.15) is 0 Å². The molecule has 0 aromatic carbocycles. The molecule has 0 saturated carbocycles. The summed E-state index contributed by atoms with van der Waals surface area (Å²) < 4.78 is 21.0. The number of hydrogen-bond donors (Lipinski definition) is 0. The maximum atomic E-state index is 10.5. The molecular formula is C6H10ClNO2S. The number of nitriles is 1. The Hall–Kier alpha value is -0.270. The van der Waals surface area contributed by atoms with Gasteiger partial charge in [0.15, 0.2) is 0 Å². The molecule has 0 fully saturated rings. The molecule has 0 aromatic heterocycles. The molecule has 0 aliphatic rings. The first-order valence-corrected chi connectivity index (χ1v) is 5.66. The zero-order chi connectivity index (χ0) is 9.07. The maximum Gasteiger partial charge on any atom is 0.233 e.